The van der Waals surface area contributed by atoms with Gasteiger partial charge in [-0.3, -0.25) is 19.4 Å². The number of carboxylic acids is 1. The predicted octanol–water partition coefficient (Wildman–Crippen LogP) is -1.72. The molecule has 13 nitrogen and oxygen atoms in total. The molecule has 0 saturated heterocycles. The van der Waals surface area contributed by atoms with E-state index in [9.17, 15) is 29.4 Å². The molecule has 0 heterocycles. The first kappa shape index (κ1) is 32.7. The molecule has 0 saturated carbocycles. The van der Waals surface area contributed by atoms with Gasteiger partial charge >= 0.3 is 5.97 Å². The van der Waals surface area contributed by atoms with E-state index in [1.54, 1.807) is 30.3 Å². The van der Waals surface area contributed by atoms with Crippen LogP contribution in [0.15, 0.2) is 35.3 Å². The van der Waals surface area contributed by atoms with Crippen molar-refractivity contribution >= 4 is 41.4 Å². The molecule has 0 aliphatic rings. The standard InChI is InChI=1S/C24H39N7O6S/c1-14(32)19(22(35)29-17(23(36)37)9-6-11-28-24(26)27)31-21(34)18(13-15-7-4-3-5-8-15)30-20(33)16(25)10-12-38-2/h3-5,7-8,14,16-19,32H,6,9-13,25H2,1-2H3,(H,29,35)(H,30,33)(H,31,34)(H,36,37)(H4,26,27,28). The Morgan fingerprint density at radius 1 is 0.974 bits per heavy atom. The number of amides is 3. The molecule has 1 aromatic carbocycles. The van der Waals surface area contributed by atoms with E-state index in [1.807, 2.05) is 6.26 Å². The van der Waals surface area contributed by atoms with Gasteiger partial charge in [-0.25, -0.2) is 4.79 Å². The Labute approximate surface area is 226 Å². The van der Waals surface area contributed by atoms with Gasteiger partial charge in [-0.1, -0.05) is 30.3 Å². The van der Waals surface area contributed by atoms with Crippen molar-refractivity contribution < 1.29 is 29.4 Å². The largest absolute Gasteiger partial charge is 0.480 e. The van der Waals surface area contributed by atoms with Gasteiger partial charge in [0.1, 0.15) is 18.1 Å². The summed E-state index contributed by atoms with van der Waals surface area (Å²) in [5, 5.41) is 27.1. The fourth-order valence-electron chi connectivity index (χ4n) is 3.40. The fourth-order valence-corrected chi connectivity index (χ4v) is 3.88. The normalized spacial score (nSPS) is 14.7. The van der Waals surface area contributed by atoms with Crippen LogP contribution in [0.4, 0.5) is 0 Å². The van der Waals surface area contributed by atoms with E-state index in [1.165, 1.54) is 18.7 Å². The molecule has 5 atom stereocenters. The molecule has 11 N–H and O–H groups in total. The summed E-state index contributed by atoms with van der Waals surface area (Å²) in [6.45, 7) is 1.45. The molecule has 0 fully saturated rings. The third-order valence-corrected chi connectivity index (χ3v) is 6.15. The second-order valence-electron chi connectivity index (χ2n) is 8.71. The number of nitrogens with two attached hydrogens (primary N) is 3. The Balaban J connectivity index is 2.99. The number of hydrogen-bond acceptors (Lipinski definition) is 8. The Morgan fingerprint density at radius 2 is 1.61 bits per heavy atom. The summed E-state index contributed by atoms with van der Waals surface area (Å²) in [5.41, 5.74) is 17.2. The lowest BCUT2D eigenvalue weighted by atomic mass is 10.0. The van der Waals surface area contributed by atoms with Crippen molar-refractivity contribution in [3.63, 3.8) is 0 Å². The second-order valence-corrected chi connectivity index (χ2v) is 9.70. The minimum Gasteiger partial charge on any atom is -0.480 e. The Hall–Kier alpha value is -3.36. The number of nitrogens with zero attached hydrogens (tertiary/aromatic N) is 1. The highest BCUT2D eigenvalue weighted by Crippen LogP contribution is 2.07. The minimum atomic E-state index is -1.48. The number of carboxylic acid groups (broad SMARTS) is 1. The Bertz CT molecular complexity index is 943. The monoisotopic (exact) mass is 553 g/mol. The Morgan fingerprint density at radius 3 is 2.16 bits per heavy atom. The highest BCUT2D eigenvalue weighted by Gasteiger charge is 2.32. The fraction of sp³-hybridized carbons (Fsp3) is 0.542. The molecule has 0 aliphatic carbocycles. The highest BCUT2D eigenvalue weighted by molar-refractivity contribution is 7.98. The van der Waals surface area contributed by atoms with Crippen LogP contribution in [-0.2, 0) is 25.6 Å². The molecule has 212 valence electrons. The topological polar surface area (TPSA) is 235 Å². The number of nitrogens with one attached hydrogen (secondary N) is 3. The molecular weight excluding hydrogens is 514 g/mol. The lowest BCUT2D eigenvalue weighted by Crippen LogP contribution is -2.60. The maximum absolute atomic E-state index is 13.2. The van der Waals surface area contributed by atoms with Crippen LogP contribution in [0.25, 0.3) is 0 Å². The number of benzene rings is 1. The average Bonchev–Trinajstić information content (AvgIpc) is 2.86. The number of aliphatic carboxylic acids is 1. The summed E-state index contributed by atoms with van der Waals surface area (Å²) < 4.78 is 0. The predicted molar refractivity (Wildman–Crippen MR) is 146 cm³/mol. The summed E-state index contributed by atoms with van der Waals surface area (Å²) in [6, 6.07) is 4.19. The first-order valence-electron chi connectivity index (χ1n) is 12.1. The zero-order valence-electron chi connectivity index (χ0n) is 21.6. The maximum Gasteiger partial charge on any atom is 0.326 e. The van der Waals surface area contributed by atoms with Crippen molar-refractivity contribution in [2.45, 2.75) is 62.9 Å². The van der Waals surface area contributed by atoms with E-state index in [2.05, 4.69) is 20.9 Å². The molecular formula is C24H39N7O6S. The number of thioether (sulfide) groups is 1. The van der Waals surface area contributed by atoms with Gasteiger partial charge in [0.15, 0.2) is 5.96 Å². The van der Waals surface area contributed by atoms with Crippen LogP contribution in [0.3, 0.4) is 0 Å². The van der Waals surface area contributed by atoms with Crippen molar-refractivity contribution in [2.24, 2.45) is 22.2 Å². The number of carbonyl (C=O) groups is 4. The van der Waals surface area contributed by atoms with Gasteiger partial charge in [-0.2, -0.15) is 11.8 Å². The highest BCUT2D eigenvalue weighted by atomic mass is 32.2. The van der Waals surface area contributed by atoms with Crippen LogP contribution in [0.2, 0.25) is 0 Å². The van der Waals surface area contributed by atoms with Crippen LogP contribution < -0.4 is 33.2 Å². The number of aliphatic hydroxyl groups excluding tert-OH is 1. The third-order valence-electron chi connectivity index (χ3n) is 5.51. The molecule has 1 aromatic rings. The molecule has 0 aliphatic heterocycles. The average molecular weight is 554 g/mol. The first-order chi connectivity index (χ1) is 18.0. The van der Waals surface area contributed by atoms with Gasteiger partial charge in [0.25, 0.3) is 0 Å². The van der Waals surface area contributed by atoms with E-state index in [-0.39, 0.29) is 31.8 Å². The summed E-state index contributed by atoms with van der Waals surface area (Å²) >= 11 is 1.53. The van der Waals surface area contributed by atoms with E-state index in [0.717, 1.165) is 5.56 Å². The van der Waals surface area contributed by atoms with Crippen molar-refractivity contribution in [3.05, 3.63) is 35.9 Å². The third kappa shape index (κ3) is 12.3. The van der Waals surface area contributed by atoms with E-state index >= 15 is 0 Å². The quantitative estimate of drug-likeness (QED) is 0.0617. The summed E-state index contributed by atoms with van der Waals surface area (Å²) in [6.07, 6.45) is 1.31. The van der Waals surface area contributed by atoms with Gasteiger partial charge in [0, 0.05) is 13.0 Å². The van der Waals surface area contributed by atoms with Crippen molar-refractivity contribution in [1.29, 1.82) is 0 Å². The van der Waals surface area contributed by atoms with Crippen LogP contribution in [0.1, 0.15) is 31.7 Å². The van der Waals surface area contributed by atoms with E-state index < -0.39 is 54.0 Å². The summed E-state index contributed by atoms with van der Waals surface area (Å²) in [7, 11) is 0. The van der Waals surface area contributed by atoms with Crippen LogP contribution in [0, 0.1) is 0 Å². The molecule has 0 bridgehead atoms. The van der Waals surface area contributed by atoms with Crippen LogP contribution in [0.5, 0.6) is 0 Å². The van der Waals surface area contributed by atoms with Crippen molar-refractivity contribution in [1.82, 2.24) is 16.0 Å². The molecule has 0 spiro atoms. The zero-order chi connectivity index (χ0) is 28.7. The smallest absolute Gasteiger partial charge is 0.326 e. The van der Waals surface area contributed by atoms with Crippen LogP contribution in [-0.4, -0.2) is 88.7 Å². The van der Waals surface area contributed by atoms with Gasteiger partial charge < -0.3 is 43.4 Å². The minimum absolute atomic E-state index is 0.0129. The maximum atomic E-state index is 13.2. The number of aliphatic imine (C=N–C) groups is 1. The second kappa shape index (κ2) is 17.2. The summed E-state index contributed by atoms with van der Waals surface area (Å²) in [4.78, 5) is 54.2. The molecule has 3 amide bonds. The van der Waals surface area contributed by atoms with E-state index in [4.69, 9.17) is 17.2 Å². The van der Waals surface area contributed by atoms with E-state index in [0.29, 0.717) is 12.2 Å². The van der Waals surface area contributed by atoms with Crippen LogP contribution >= 0.6 is 11.8 Å². The zero-order valence-corrected chi connectivity index (χ0v) is 22.4. The van der Waals surface area contributed by atoms with Crippen molar-refractivity contribution in [3.8, 4) is 0 Å². The number of aliphatic hydroxyl groups is 1. The lowest BCUT2D eigenvalue weighted by Gasteiger charge is -2.26. The molecule has 5 unspecified atom stereocenters. The summed E-state index contributed by atoms with van der Waals surface area (Å²) in [5.74, 6) is -2.94. The lowest BCUT2D eigenvalue weighted by molar-refractivity contribution is -0.143. The molecule has 14 heteroatoms. The molecule has 0 radical (unpaired) electrons. The number of rotatable bonds is 17. The Kier molecular flexibility index (Phi) is 14.8. The molecule has 38 heavy (non-hydrogen) atoms. The van der Waals surface area contributed by atoms with Gasteiger partial charge in [0.05, 0.1) is 12.1 Å². The SMILES string of the molecule is CSCCC(N)C(=O)NC(Cc1ccccc1)C(=O)NC(C(=O)NC(CCCN=C(N)N)C(=O)O)C(C)O. The molecule has 1 rings (SSSR count). The molecule has 0 aromatic heterocycles. The van der Waals surface area contributed by atoms with Crippen molar-refractivity contribution in [2.75, 3.05) is 18.6 Å². The van der Waals surface area contributed by atoms with Gasteiger partial charge in [-0.05, 0) is 43.8 Å². The number of carbonyl (C=O) groups excluding carboxylic acids is 3. The van der Waals surface area contributed by atoms with Gasteiger partial charge in [0.2, 0.25) is 17.7 Å². The number of guanidine groups is 1. The van der Waals surface area contributed by atoms with Gasteiger partial charge in [-0.15, -0.1) is 0 Å². The number of hydrogen-bond donors (Lipinski definition) is 8. The first-order valence-corrected chi connectivity index (χ1v) is 13.5.